The van der Waals surface area contributed by atoms with Crippen molar-refractivity contribution in [3.8, 4) is 0 Å². The van der Waals surface area contributed by atoms with E-state index in [-0.39, 0.29) is 5.82 Å². The van der Waals surface area contributed by atoms with Gasteiger partial charge in [0.15, 0.2) is 0 Å². The Labute approximate surface area is 116 Å². The van der Waals surface area contributed by atoms with Gasteiger partial charge in [-0.25, -0.2) is 14.4 Å². The van der Waals surface area contributed by atoms with Gasteiger partial charge in [-0.1, -0.05) is 18.2 Å². The molecule has 0 amide bonds. The Morgan fingerprint density at radius 3 is 2.35 bits per heavy atom. The maximum Gasteiger partial charge on any atom is 0.225 e. The fourth-order valence-corrected chi connectivity index (χ4v) is 2.64. The van der Waals surface area contributed by atoms with Gasteiger partial charge in [0, 0.05) is 31.0 Å². The van der Waals surface area contributed by atoms with Crippen molar-refractivity contribution in [2.75, 3.05) is 18.0 Å². The molecule has 0 spiro atoms. The minimum Gasteiger partial charge on any atom is -0.385 e. The first-order chi connectivity index (χ1) is 9.69. The topological polar surface area (TPSA) is 49.2 Å². The summed E-state index contributed by atoms with van der Waals surface area (Å²) in [5.74, 6) is 0.308. The van der Waals surface area contributed by atoms with Gasteiger partial charge in [-0.3, -0.25) is 0 Å². The van der Waals surface area contributed by atoms with Crippen LogP contribution in [0.25, 0.3) is 0 Å². The van der Waals surface area contributed by atoms with Crippen molar-refractivity contribution in [3.63, 3.8) is 0 Å². The van der Waals surface area contributed by atoms with Gasteiger partial charge in [0.2, 0.25) is 5.95 Å². The Balaban J connectivity index is 1.77. The molecule has 1 aromatic heterocycles. The van der Waals surface area contributed by atoms with Crippen LogP contribution in [0.5, 0.6) is 0 Å². The maximum absolute atomic E-state index is 13.8. The zero-order valence-electron chi connectivity index (χ0n) is 11.0. The van der Waals surface area contributed by atoms with E-state index in [9.17, 15) is 9.50 Å². The number of halogens is 1. The molecule has 20 heavy (non-hydrogen) atoms. The molecule has 3 rings (SSSR count). The lowest BCUT2D eigenvalue weighted by Crippen LogP contribution is -2.43. The van der Waals surface area contributed by atoms with Crippen LogP contribution in [-0.4, -0.2) is 28.2 Å². The molecule has 2 aromatic rings. The molecule has 1 fully saturated rings. The Morgan fingerprint density at radius 2 is 1.70 bits per heavy atom. The second kappa shape index (κ2) is 5.17. The van der Waals surface area contributed by atoms with Crippen LogP contribution in [0.1, 0.15) is 18.4 Å². The lowest BCUT2D eigenvalue weighted by atomic mass is 9.84. The van der Waals surface area contributed by atoms with Gasteiger partial charge in [-0.15, -0.1) is 0 Å². The molecule has 0 bridgehead atoms. The Bertz CT molecular complexity index is 583. The quantitative estimate of drug-likeness (QED) is 0.910. The van der Waals surface area contributed by atoms with Gasteiger partial charge < -0.3 is 10.0 Å². The third kappa shape index (κ3) is 2.36. The molecular weight excluding hydrogens is 257 g/mol. The molecule has 0 atom stereocenters. The molecule has 1 N–H and O–H groups in total. The normalized spacial score (nSPS) is 18.0. The highest BCUT2D eigenvalue weighted by molar-refractivity contribution is 5.32. The monoisotopic (exact) mass is 273 g/mol. The molecular formula is C15H16FN3O. The molecule has 0 aliphatic carbocycles. The lowest BCUT2D eigenvalue weighted by Gasteiger charge is -2.38. The zero-order chi connectivity index (χ0) is 14.0. The number of anilines is 1. The van der Waals surface area contributed by atoms with E-state index in [0.29, 0.717) is 37.4 Å². The standard InChI is InChI=1S/C15H16FN3O/c16-13-5-2-1-4-12(13)15(20)6-10-19(11-7-15)14-17-8-3-9-18-14/h1-5,8-9,20H,6-7,10-11H2. The van der Waals surface area contributed by atoms with E-state index in [4.69, 9.17) is 0 Å². The second-order valence-corrected chi connectivity index (χ2v) is 5.05. The highest BCUT2D eigenvalue weighted by Crippen LogP contribution is 2.34. The Hall–Kier alpha value is -2.01. The highest BCUT2D eigenvalue weighted by atomic mass is 19.1. The van der Waals surface area contributed by atoms with Gasteiger partial charge in [-0.05, 0) is 25.0 Å². The summed E-state index contributed by atoms with van der Waals surface area (Å²) in [6.45, 7) is 1.21. The fourth-order valence-electron chi connectivity index (χ4n) is 2.64. The van der Waals surface area contributed by atoms with Crippen molar-refractivity contribution >= 4 is 5.95 Å². The van der Waals surface area contributed by atoms with Gasteiger partial charge in [-0.2, -0.15) is 0 Å². The number of hydrogen-bond donors (Lipinski definition) is 1. The van der Waals surface area contributed by atoms with E-state index in [1.807, 2.05) is 4.90 Å². The predicted molar refractivity (Wildman–Crippen MR) is 73.8 cm³/mol. The van der Waals surface area contributed by atoms with E-state index in [2.05, 4.69) is 9.97 Å². The summed E-state index contributed by atoms with van der Waals surface area (Å²) in [6.07, 6.45) is 4.32. The van der Waals surface area contributed by atoms with Crippen molar-refractivity contribution in [3.05, 3.63) is 54.1 Å². The van der Waals surface area contributed by atoms with Crippen LogP contribution in [0.15, 0.2) is 42.7 Å². The van der Waals surface area contributed by atoms with E-state index in [0.717, 1.165) is 0 Å². The SMILES string of the molecule is OC1(c2ccccc2F)CCN(c2ncccn2)CC1. The minimum absolute atomic E-state index is 0.348. The van der Waals surface area contributed by atoms with Crippen molar-refractivity contribution in [1.82, 2.24) is 9.97 Å². The number of aromatic nitrogens is 2. The number of nitrogens with zero attached hydrogens (tertiary/aromatic N) is 3. The summed E-state index contributed by atoms with van der Waals surface area (Å²) in [5.41, 5.74) is -0.718. The molecule has 0 unspecified atom stereocenters. The molecule has 0 radical (unpaired) electrons. The molecule has 4 nitrogen and oxygen atoms in total. The first kappa shape index (κ1) is 13.0. The molecule has 2 heterocycles. The van der Waals surface area contributed by atoms with Crippen LogP contribution >= 0.6 is 0 Å². The average Bonchev–Trinajstić information content (AvgIpc) is 2.49. The van der Waals surface area contributed by atoms with E-state index < -0.39 is 5.60 Å². The number of rotatable bonds is 2. The number of hydrogen-bond acceptors (Lipinski definition) is 4. The molecule has 1 aliphatic heterocycles. The smallest absolute Gasteiger partial charge is 0.225 e. The van der Waals surface area contributed by atoms with Gasteiger partial charge >= 0.3 is 0 Å². The summed E-state index contributed by atoms with van der Waals surface area (Å²) in [5, 5.41) is 10.7. The van der Waals surface area contributed by atoms with Crippen LogP contribution in [-0.2, 0) is 5.60 Å². The van der Waals surface area contributed by atoms with E-state index in [1.165, 1.54) is 6.07 Å². The van der Waals surface area contributed by atoms with Gasteiger partial charge in [0.25, 0.3) is 0 Å². The van der Waals surface area contributed by atoms with Crippen LogP contribution in [0, 0.1) is 5.82 Å². The largest absolute Gasteiger partial charge is 0.385 e. The van der Waals surface area contributed by atoms with Crippen LogP contribution in [0.2, 0.25) is 0 Å². The lowest BCUT2D eigenvalue weighted by molar-refractivity contribution is 0.00825. The molecule has 104 valence electrons. The van der Waals surface area contributed by atoms with Crippen molar-refractivity contribution in [2.24, 2.45) is 0 Å². The summed E-state index contributed by atoms with van der Waals surface area (Å²) in [6, 6.07) is 8.20. The maximum atomic E-state index is 13.8. The first-order valence-electron chi connectivity index (χ1n) is 6.68. The Morgan fingerprint density at radius 1 is 1.05 bits per heavy atom. The first-order valence-corrected chi connectivity index (χ1v) is 6.68. The molecule has 1 saturated heterocycles. The predicted octanol–water partition coefficient (Wildman–Crippen LogP) is 2.10. The summed E-state index contributed by atoms with van der Waals surface area (Å²) < 4.78 is 13.8. The number of aliphatic hydroxyl groups is 1. The average molecular weight is 273 g/mol. The van der Waals surface area contributed by atoms with Crippen LogP contribution in [0.4, 0.5) is 10.3 Å². The summed E-state index contributed by atoms with van der Waals surface area (Å²) in [4.78, 5) is 10.4. The second-order valence-electron chi connectivity index (χ2n) is 5.05. The van der Waals surface area contributed by atoms with Gasteiger partial charge in [0.05, 0.1) is 5.60 Å². The highest BCUT2D eigenvalue weighted by Gasteiger charge is 2.36. The molecule has 1 aromatic carbocycles. The third-order valence-corrected chi connectivity index (χ3v) is 3.80. The zero-order valence-corrected chi connectivity index (χ0v) is 11.0. The van der Waals surface area contributed by atoms with Crippen molar-refractivity contribution in [2.45, 2.75) is 18.4 Å². The number of benzene rings is 1. The van der Waals surface area contributed by atoms with Crippen LogP contribution < -0.4 is 4.90 Å². The van der Waals surface area contributed by atoms with Gasteiger partial charge in [0.1, 0.15) is 5.82 Å². The fraction of sp³-hybridized carbons (Fsp3) is 0.333. The summed E-state index contributed by atoms with van der Waals surface area (Å²) in [7, 11) is 0. The Kier molecular flexibility index (Phi) is 3.36. The molecule has 0 saturated carbocycles. The van der Waals surface area contributed by atoms with Crippen molar-refractivity contribution < 1.29 is 9.50 Å². The van der Waals surface area contributed by atoms with E-state index in [1.54, 1.807) is 36.7 Å². The van der Waals surface area contributed by atoms with Crippen molar-refractivity contribution in [1.29, 1.82) is 0 Å². The van der Waals surface area contributed by atoms with Crippen LogP contribution in [0.3, 0.4) is 0 Å². The molecule has 1 aliphatic rings. The molecule has 5 heteroatoms. The summed E-state index contributed by atoms with van der Waals surface area (Å²) >= 11 is 0. The van der Waals surface area contributed by atoms with E-state index >= 15 is 0 Å². The third-order valence-electron chi connectivity index (χ3n) is 3.80. The number of piperidine rings is 1. The minimum atomic E-state index is -1.10.